The van der Waals surface area contributed by atoms with Crippen molar-refractivity contribution in [2.24, 2.45) is 11.3 Å². The smallest absolute Gasteiger partial charge is 0.0587 e. The number of nitrogens with one attached hydrogen (secondary N) is 1. The second-order valence-corrected chi connectivity index (χ2v) is 5.32. The van der Waals surface area contributed by atoms with Crippen LogP contribution in [0.1, 0.15) is 32.6 Å². The predicted molar refractivity (Wildman–Crippen MR) is 64.6 cm³/mol. The van der Waals surface area contributed by atoms with Crippen molar-refractivity contribution >= 4 is 0 Å². The summed E-state index contributed by atoms with van der Waals surface area (Å²) in [4.78, 5) is 0. The zero-order valence-corrected chi connectivity index (χ0v) is 10.6. The molecule has 3 unspecified atom stereocenters. The van der Waals surface area contributed by atoms with Gasteiger partial charge in [-0.25, -0.2) is 0 Å². The van der Waals surface area contributed by atoms with Gasteiger partial charge in [0, 0.05) is 20.3 Å². The first-order chi connectivity index (χ1) is 7.80. The maximum absolute atomic E-state index is 5.75. The first kappa shape index (κ1) is 12.3. The van der Waals surface area contributed by atoms with Crippen LogP contribution in [-0.4, -0.2) is 39.5 Å². The SMILES string of the molecule is CCC1CC2(CCO1)CC2CNCCOC. The fourth-order valence-corrected chi connectivity index (χ4v) is 3.03. The molecule has 1 spiro atoms. The zero-order chi connectivity index (χ0) is 11.4. The van der Waals surface area contributed by atoms with Gasteiger partial charge in [-0.1, -0.05) is 6.92 Å². The number of methoxy groups -OCH3 is 1. The molecule has 1 heterocycles. The minimum absolute atomic E-state index is 0.526. The molecule has 3 nitrogen and oxygen atoms in total. The Morgan fingerprint density at radius 1 is 1.44 bits per heavy atom. The van der Waals surface area contributed by atoms with Gasteiger partial charge in [0.15, 0.2) is 0 Å². The third-order valence-corrected chi connectivity index (χ3v) is 4.28. The second kappa shape index (κ2) is 5.48. The molecule has 1 saturated heterocycles. The Morgan fingerprint density at radius 2 is 2.31 bits per heavy atom. The van der Waals surface area contributed by atoms with Crippen molar-refractivity contribution in [2.75, 3.05) is 33.4 Å². The van der Waals surface area contributed by atoms with Crippen LogP contribution in [0.5, 0.6) is 0 Å². The molecule has 1 N–H and O–H groups in total. The van der Waals surface area contributed by atoms with Crippen LogP contribution in [0.25, 0.3) is 0 Å². The van der Waals surface area contributed by atoms with Crippen molar-refractivity contribution in [3.63, 3.8) is 0 Å². The van der Waals surface area contributed by atoms with Crippen LogP contribution in [0.2, 0.25) is 0 Å². The second-order valence-electron chi connectivity index (χ2n) is 5.32. The summed E-state index contributed by atoms with van der Waals surface area (Å²) in [6.07, 6.45) is 5.68. The molecule has 94 valence electrons. The van der Waals surface area contributed by atoms with Crippen molar-refractivity contribution in [2.45, 2.75) is 38.7 Å². The Hall–Kier alpha value is -0.120. The first-order valence-corrected chi connectivity index (χ1v) is 6.62. The lowest BCUT2D eigenvalue weighted by Crippen LogP contribution is -2.30. The van der Waals surface area contributed by atoms with Crippen LogP contribution < -0.4 is 5.32 Å². The molecule has 0 aromatic carbocycles. The molecule has 2 fully saturated rings. The van der Waals surface area contributed by atoms with Crippen molar-refractivity contribution in [3.8, 4) is 0 Å². The van der Waals surface area contributed by atoms with E-state index in [1.165, 1.54) is 32.2 Å². The maximum atomic E-state index is 5.75. The summed E-state index contributed by atoms with van der Waals surface area (Å²) < 4.78 is 10.8. The van der Waals surface area contributed by atoms with Gasteiger partial charge in [0.25, 0.3) is 0 Å². The molecular formula is C13H25NO2. The van der Waals surface area contributed by atoms with Gasteiger partial charge in [0.05, 0.1) is 12.7 Å². The largest absolute Gasteiger partial charge is 0.383 e. The Balaban J connectivity index is 1.67. The van der Waals surface area contributed by atoms with Gasteiger partial charge >= 0.3 is 0 Å². The van der Waals surface area contributed by atoms with Crippen LogP contribution in [0.3, 0.4) is 0 Å². The molecular weight excluding hydrogens is 202 g/mol. The third-order valence-electron chi connectivity index (χ3n) is 4.28. The third kappa shape index (κ3) is 2.76. The number of ether oxygens (including phenoxy) is 2. The molecule has 1 aliphatic carbocycles. The van der Waals surface area contributed by atoms with E-state index < -0.39 is 0 Å². The minimum atomic E-state index is 0.526. The predicted octanol–water partition coefficient (Wildman–Crippen LogP) is 1.82. The van der Waals surface area contributed by atoms with E-state index in [1.54, 1.807) is 7.11 Å². The van der Waals surface area contributed by atoms with Gasteiger partial charge in [0.1, 0.15) is 0 Å². The molecule has 0 aromatic rings. The van der Waals surface area contributed by atoms with Crippen LogP contribution in [-0.2, 0) is 9.47 Å². The highest BCUT2D eigenvalue weighted by molar-refractivity contribution is 5.05. The van der Waals surface area contributed by atoms with E-state index in [0.717, 1.165) is 25.7 Å². The maximum Gasteiger partial charge on any atom is 0.0587 e. The minimum Gasteiger partial charge on any atom is -0.383 e. The topological polar surface area (TPSA) is 30.5 Å². The molecule has 1 aliphatic heterocycles. The summed E-state index contributed by atoms with van der Waals surface area (Å²) in [7, 11) is 1.75. The number of hydrogen-bond donors (Lipinski definition) is 1. The van der Waals surface area contributed by atoms with Gasteiger partial charge in [-0.2, -0.15) is 0 Å². The zero-order valence-electron chi connectivity index (χ0n) is 10.6. The summed E-state index contributed by atoms with van der Waals surface area (Å²) in [5.74, 6) is 0.891. The van der Waals surface area contributed by atoms with Gasteiger partial charge in [-0.3, -0.25) is 0 Å². The molecule has 2 aliphatic rings. The normalized spacial score (nSPS) is 37.9. The molecule has 0 amide bonds. The summed E-state index contributed by atoms with van der Waals surface area (Å²) >= 11 is 0. The molecule has 0 bridgehead atoms. The Morgan fingerprint density at radius 3 is 3.06 bits per heavy atom. The molecule has 3 heteroatoms. The standard InChI is InChI=1S/C13H25NO2/c1-3-12-9-13(4-6-16-12)8-11(13)10-14-5-7-15-2/h11-12,14H,3-10H2,1-2H3. The van der Waals surface area contributed by atoms with Crippen molar-refractivity contribution in [3.05, 3.63) is 0 Å². The number of hydrogen-bond acceptors (Lipinski definition) is 3. The average molecular weight is 227 g/mol. The summed E-state index contributed by atoms with van der Waals surface area (Å²) in [5.41, 5.74) is 0.638. The monoisotopic (exact) mass is 227 g/mol. The Labute approximate surface area is 98.9 Å². The molecule has 0 radical (unpaired) electrons. The van der Waals surface area contributed by atoms with Crippen LogP contribution in [0.4, 0.5) is 0 Å². The fourth-order valence-electron chi connectivity index (χ4n) is 3.03. The summed E-state index contributed by atoms with van der Waals surface area (Å²) in [6.45, 7) is 6.18. The van der Waals surface area contributed by atoms with E-state index in [1.807, 2.05) is 0 Å². The molecule has 2 rings (SSSR count). The van der Waals surface area contributed by atoms with Crippen LogP contribution in [0.15, 0.2) is 0 Å². The van der Waals surface area contributed by atoms with Gasteiger partial charge < -0.3 is 14.8 Å². The molecule has 16 heavy (non-hydrogen) atoms. The molecule has 0 aromatic heterocycles. The van der Waals surface area contributed by atoms with Crippen molar-refractivity contribution < 1.29 is 9.47 Å². The quantitative estimate of drug-likeness (QED) is 0.702. The van der Waals surface area contributed by atoms with E-state index in [4.69, 9.17) is 9.47 Å². The van der Waals surface area contributed by atoms with E-state index in [-0.39, 0.29) is 0 Å². The highest BCUT2D eigenvalue weighted by Crippen LogP contribution is 2.60. The fraction of sp³-hybridized carbons (Fsp3) is 1.00. The van der Waals surface area contributed by atoms with E-state index >= 15 is 0 Å². The van der Waals surface area contributed by atoms with Crippen molar-refractivity contribution in [1.29, 1.82) is 0 Å². The van der Waals surface area contributed by atoms with Crippen LogP contribution >= 0.6 is 0 Å². The number of rotatable bonds is 6. The Kier molecular flexibility index (Phi) is 4.22. The lowest BCUT2D eigenvalue weighted by Gasteiger charge is -2.30. The molecule has 3 atom stereocenters. The first-order valence-electron chi connectivity index (χ1n) is 6.62. The lowest BCUT2D eigenvalue weighted by atomic mass is 9.89. The van der Waals surface area contributed by atoms with E-state index in [2.05, 4.69) is 12.2 Å². The van der Waals surface area contributed by atoms with E-state index in [0.29, 0.717) is 11.5 Å². The molecule has 1 saturated carbocycles. The van der Waals surface area contributed by atoms with Gasteiger partial charge in [0.2, 0.25) is 0 Å². The highest BCUT2D eigenvalue weighted by Gasteiger charge is 2.55. The van der Waals surface area contributed by atoms with Gasteiger partial charge in [-0.15, -0.1) is 0 Å². The van der Waals surface area contributed by atoms with Crippen molar-refractivity contribution in [1.82, 2.24) is 5.32 Å². The lowest BCUT2D eigenvalue weighted by molar-refractivity contribution is -0.0219. The van der Waals surface area contributed by atoms with Crippen LogP contribution in [0, 0.1) is 11.3 Å². The van der Waals surface area contributed by atoms with Gasteiger partial charge in [-0.05, 0) is 43.6 Å². The van der Waals surface area contributed by atoms with E-state index in [9.17, 15) is 0 Å². The summed E-state index contributed by atoms with van der Waals surface area (Å²) in [6, 6.07) is 0. The summed E-state index contributed by atoms with van der Waals surface area (Å²) in [5, 5.41) is 3.49. The average Bonchev–Trinajstić information content (AvgIpc) is 2.97. The highest BCUT2D eigenvalue weighted by atomic mass is 16.5. The Bertz CT molecular complexity index is 222.